The Balaban J connectivity index is 3.17. The summed E-state index contributed by atoms with van der Waals surface area (Å²) in [6.45, 7) is 5.22. The third-order valence-corrected chi connectivity index (χ3v) is 10.7. The van der Waals surface area contributed by atoms with Crippen LogP contribution in [0.4, 0.5) is 0 Å². The Labute approximate surface area is 310 Å². The van der Waals surface area contributed by atoms with E-state index in [1.807, 2.05) is 0 Å². The minimum absolute atomic E-state index is 0.0291. The molecular formula is C47H92O2. The highest BCUT2D eigenvalue weighted by Gasteiger charge is 2.03. The van der Waals surface area contributed by atoms with Crippen molar-refractivity contribution in [2.24, 2.45) is 0 Å². The molecule has 0 aromatic carbocycles. The highest BCUT2D eigenvalue weighted by molar-refractivity contribution is 5.69. The zero-order valence-corrected chi connectivity index (χ0v) is 34.2. The molecular weight excluding hydrogens is 597 g/mol. The molecule has 0 aliphatic carbocycles. The lowest BCUT2D eigenvalue weighted by atomic mass is 10.0. The number of carbonyl (C=O) groups excluding carboxylic acids is 1. The molecule has 0 aromatic rings. The molecule has 0 bridgehead atoms. The van der Waals surface area contributed by atoms with Crippen molar-refractivity contribution in [2.45, 2.75) is 277 Å². The second-order valence-electron chi connectivity index (χ2n) is 15.7. The summed E-state index contributed by atoms with van der Waals surface area (Å²) in [4.78, 5) is 12.0. The van der Waals surface area contributed by atoms with Gasteiger partial charge in [0.15, 0.2) is 0 Å². The van der Waals surface area contributed by atoms with Gasteiger partial charge < -0.3 is 4.74 Å². The lowest BCUT2D eigenvalue weighted by molar-refractivity contribution is -0.143. The molecule has 0 spiro atoms. The van der Waals surface area contributed by atoms with Crippen LogP contribution in [0, 0.1) is 0 Å². The minimum Gasteiger partial charge on any atom is -0.466 e. The molecule has 49 heavy (non-hydrogen) atoms. The van der Waals surface area contributed by atoms with Crippen molar-refractivity contribution in [2.75, 3.05) is 6.61 Å². The molecule has 0 atom stereocenters. The first-order valence-electron chi connectivity index (χ1n) is 23.1. The maximum absolute atomic E-state index is 12.0. The third-order valence-electron chi connectivity index (χ3n) is 10.7. The van der Waals surface area contributed by atoms with Crippen molar-refractivity contribution < 1.29 is 9.53 Å². The molecule has 0 fully saturated rings. The fourth-order valence-electron chi connectivity index (χ4n) is 7.19. The fourth-order valence-corrected chi connectivity index (χ4v) is 7.19. The molecule has 0 rings (SSSR count). The van der Waals surface area contributed by atoms with Crippen LogP contribution in [0.15, 0.2) is 12.2 Å². The lowest BCUT2D eigenvalue weighted by Gasteiger charge is -2.06. The van der Waals surface area contributed by atoms with Crippen LogP contribution in [-0.2, 0) is 9.53 Å². The fraction of sp³-hybridized carbons (Fsp3) is 0.936. The van der Waals surface area contributed by atoms with E-state index < -0.39 is 0 Å². The number of rotatable bonds is 43. The SMILES string of the molecule is CCCCCCCC/C=C\CCCCCCCCCCCCOC(=O)CCCCCCCCCCCCCCCCCCCCCCCC. The highest BCUT2D eigenvalue weighted by atomic mass is 16.5. The maximum Gasteiger partial charge on any atom is 0.305 e. The molecule has 0 unspecified atom stereocenters. The van der Waals surface area contributed by atoms with Crippen LogP contribution in [0.1, 0.15) is 277 Å². The Bertz CT molecular complexity index is 626. The number of unbranched alkanes of at least 4 members (excludes halogenated alkanes) is 37. The topological polar surface area (TPSA) is 26.3 Å². The van der Waals surface area contributed by atoms with Gasteiger partial charge >= 0.3 is 5.97 Å². The molecule has 0 saturated heterocycles. The molecule has 292 valence electrons. The van der Waals surface area contributed by atoms with E-state index in [2.05, 4.69) is 26.0 Å². The Hall–Kier alpha value is -0.790. The largest absolute Gasteiger partial charge is 0.466 e. The first-order chi connectivity index (χ1) is 24.3. The Morgan fingerprint density at radius 3 is 0.878 bits per heavy atom. The van der Waals surface area contributed by atoms with Gasteiger partial charge in [-0.15, -0.1) is 0 Å². The Kier molecular flexibility index (Phi) is 44.5. The van der Waals surface area contributed by atoms with Gasteiger partial charge in [-0.3, -0.25) is 4.79 Å². The predicted molar refractivity (Wildman–Crippen MR) is 221 cm³/mol. The van der Waals surface area contributed by atoms with Crippen molar-refractivity contribution in [3.05, 3.63) is 12.2 Å². The van der Waals surface area contributed by atoms with Gasteiger partial charge in [0.05, 0.1) is 6.61 Å². The zero-order valence-electron chi connectivity index (χ0n) is 34.2. The van der Waals surface area contributed by atoms with Gasteiger partial charge in [0, 0.05) is 6.42 Å². The van der Waals surface area contributed by atoms with Crippen LogP contribution < -0.4 is 0 Å². The average molecular weight is 689 g/mol. The molecule has 0 amide bonds. The molecule has 2 heteroatoms. The van der Waals surface area contributed by atoms with Gasteiger partial charge in [0.1, 0.15) is 0 Å². The van der Waals surface area contributed by atoms with E-state index in [1.54, 1.807) is 0 Å². The summed E-state index contributed by atoms with van der Waals surface area (Å²) in [6, 6.07) is 0. The molecule has 0 radical (unpaired) electrons. The molecule has 0 aliphatic rings. The zero-order chi connectivity index (χ0) is 35.4. The lowest BCUT2D eigenvalue weighted by Crippen LogP contribution is -2.05. The maximum atomic E-state index is 12.0. The number of hydrogen-bond acceptors (Lipinski definition) is 2. The number of ether oxygens (including phenoxy) is 1. The molecule has 0 aromatic heterocycles. The Morgan fingerprint density at radius 1 is 0.327 bits per heavy atom. The average Bonchev–Trinajstić information content (AvgIpc) is 3.11. The van der Waals surface area contributed by atoms with E-state index in [9.17, 15) is 4.79 Å². The number of hydrogen-bond donors (Lipinski definition) is 0. The van der Waals surface area contributed by atoms with Gasteiger partial charge in [0.25, 0.3) is 0 Å². The van der Waals surface area contributed by atoms with Crippen LogP contribution >= 0.6 is 0 Å². The predicted octanol–water partition coefficient (Wildman–Crippen LogP) is 17.1. The van der Waals surface area contributed by atoms with E-state index in [4.69, 9.17) is 4.74 Å². The molecule has 2 nitrogen and oxygen atoms in total. The summed E-state index contributed by atoms with van der Waals surface area (Å²) < 4.78 is 5.48. The van der Waals surface area contributed by atoms with E-state index in [0.29, 0.717) is 13.0 Å². The van der Waals surface area contributed by atoms with Gasteiger partial charge in [0.2, 0.25) is 0 Å². The smallest absolute Gasteiger partial charge is 0.305 e. The summed E-state index contributed by atoms with van der Waals surface area (Å²) in [6.07, 6.45) is 60.4. The second kappa shape index (κ2) is 45.2. The molecule has 0 aliphatic heterocycles. The monoisotopic (exact) mass is 689 g/mol. The van der Waals surface area contributed by atoms with Crippen LogP contribution in [0.3, 0.4) is 0 Å². The van der Waals surface area contributed by atoms with Gasteiger partial charge in [-0.1, -0.05) is 244 Å². The van der Waals surface area contributed by atoms with E-state index in [1.165, 1.54) is 244 Å². The van der Waals surface area contributed by atoms with Crippen LogP contribution in [-0.4, -0.2) is 12.6 Å². The summed E-state index contributed by atoms with van der Waals surface area (Å²) in [7, 11) is 0. The number of allylic oxidation sites excluding steroid dienone is 2. The van der Waals surface area contributed by atoms with Crippen molar-refractivity contribution in [3.8, 4) is 0 Å². The van der Waals surface area contributed by atoms with Crippen molar-refractivity contribution in [1.29, 1.82) is 0 Å². The van der Waals surface area contributed by atoms with Crippen molar-refractivity contribution in [3.63, 3.8) is 0 Å². The second-order valence-corrected chi connectivity index (χ2v) is 15.7. The van der Waals surface area contributed by atoms with Crippen LogP contribution in [0.5, 0.6) is 0 Å². The third kappa shape index (κ3) is 45.2. The van der Waals surface area contributed by atoms with Crippen LogP contribution in [0.25, 0.3) is 0 Å². The first-order valence-corrected chi connectivity index (χ1v) is 23.1. The molecule has 0 saturated carbocycles. The minimum atomic E-state index is 0.0291. The summed E-state index contributed by atoms with van der Waals surface area (Å²) in [5.41, 5.74) is 0. The van der Waals surface area contributed by atoms with E-state index in [-0.39, 0.29) is 5.97 Å². The van der Waals surface area contributed by atoms with Gasteiger partial charge in [-0.25, -0.2) is 0 Å². The quantitative estimate of drug-likeness (QED) is 0.0362. The van der Waals surface area contributed by atoms with Gasteiger partial charge in [-0.2, -0.15) is 0 Å². The number of carbonyl (C=O) groups is 1. The Morgan fingerprint density at radius 2 is 0.571 bits per heavy atom. The van der Waals surface area contributed by atoms with E-state index in [0.717, 1.165) is 12.8 Å². The molecule has 0 heterocycles. The normalized spacial score (nSPS) is 11.6. The van der Waals surface area contributed by atoms with Crippen LogP contribution in [0.2, 0.25) is 0 Å². The van der Waals surface area contributed by atoms with E-state index >= 15 is 0 Å². The molecule has 0 N–H and O–H groups in total. The standard InChI is InChI=1S/C47H92O2/c1-3-5-7-9-11-13-15-17-19-21-23-25-26-27-29-31-33-35-37-39-41-43-45-47(48)49-46-44-42-40-38-36-34-32-30-28-24-22-20-18-16-14-12-10-8-6-4-2/h18,20H,3-17,19,21-46H2,1-2H3/b20-18-. The summed E-state index contributed by atoms with van der Waals surface area (Å²) in [5, 5.41) is 0. The van der Waals surface area contributed by atoms with Gasteiger partial charge in [-0.05, 0) is 38.5 Å². The van der Waals surface area contributed by atoms with Crippen molar-refractivity contribution >= 4 is 5.97 Å². The van der Waals surface area contributed by atoms with Crippen molar-refractivity contribution in [1.82, 2.24) is 0 Å². The summed E-state index contributed by atoms with van der Waals surface area (Å²) >= 11 is 0. The number of esters is 1. The summed E-state index contributed by atoms with van der Waals surface area (Å²) in [5.74, 6) is 0.0291. The highest BCUT2D eigenvalue weighted by Crippen LogP contribution is 2.16. The first kappa shape index (κ1) is 48.2.